The minimum absolute atomic E-state index is 0.233. The second-order valence-electron chi connectivity index (χ2n) is 5.41. The molecule has 25 heavy (non-hydrogen) atoms. The Morgan fingerprint density at radius 2 is 2.16 bits per heavy atom. The van der Waals surface area contributed by atoms with Crippen molar-refractivity contribution in [2.45, 2.75) is 20.4 Å². The third kappa shape index (κ3) is 3.00. The number of hydrogen-bond donors (Lipinski definition) is 1. The lowest BCUT2D eigenvalue weighted by atomic mass is 10.2. The third-order valence-corrected chi connectivity index (χ3v) is 5.02. The highest BCUT2D eigenvalue weighted by molar-refractivity contribution is 7.20. The first kappa shape index (κ1) is 17.1. The molecule has 1 N–H and O–H groups in total. The molecule has 1 fully saturated rings. The first-order valence-electron chi connectivity index (χ1n) is 7.68. The Morgan fingerprint density at radius 3 is 2.80 bits per heavy atom. The number of carbonyl (C=O) groups is 3. The molecule has 0 bridgehead atoms. The van der Waals surface area contributed by atoms with Crippen molar-refractivity contribution in [1.82, 2.24) is 19.8 Å². The van der Waals surface area contributed by atoms with Gasteiger partial charge in [-0.05, 0) is 19.4 Å². The molecule has 2 aromatic rings. The summed E-state index contributed by atoms with van der Waals surface area (Å²) >= 11 is 1.08. The summed E-state index contributed by atoms with van der Waals surface area (Å²) in [6, 6.07) is -0.469. The van der Waals surface area contributed by atoms with E-state index >= 15 is 0 Å². The van der Waals surface area contributed by atoms with E-state index in [0.717, 1.165) is 20.8 Å². The van der Waals surface area contributed by atoms with Gasteiger partial charge in [0.2, 0.25) is 0 Å². The van der Waals surface area contributed by atoms with Gasteiger partial charge < -0.3 is 10.1 Å². The van der Waals surface area contributed by atoms with E-state index in [-0.39, 0.29) is 25.1 Å². The molecule has 0 aliphatic carbocycles. The third-order valence-electron chi connectivity index (χ3n) is 3.84. The van der Waals surface area contributed by atoms with E-state index < -0.39 is 23.5 Å². The fourth-order valence-corrected chi connectivity index (χ4v) is 3.64. The lowest BCUT2D eigenvalue weighted by Gasteiger charge is -2.12. The Kier molecular flexibility index (Phi) is 4.53. The van der Waals surface area contributed by atoms with Crippen LogP contribution in [0.1, 0.15) is 22.2 Å². The molecular weight excluding hydrogens is 348 g/mol. The summed E-state index contributed by atoms with van der Waals surface area (Å²) in [7, 11) is 0. The second kappa shape index (κ2) is 6.63. The number of urea groups is 1. The van der Waals surface area contributed by atoms with Gasteiger partial charge in [-0.3, -0.25) is 19.1 Å². The molecule has 3 amide bonds. The number of esters is 1. The monoisotopic (exact) mass is 364 g/mol. The summed E-state index contributed by atoms with van der Waals surface area (Å²) in [6.45, 7) is 3.95. The highest BCUT2D eigenvalue weighted by Crippen LogP contribution is 2.27. The molecule has 3 heterocycles. The Labute approximate surface area is 146 Å². The number of carbonyl (C=O) groups excluding carboxylic acids is 3. The Hall–Kier alpha value is -2.75. The number of aromatic nitrogens is 2. The van der Waals surface area contributed by atoms with Crippen LogP contribution >= 0.6 is 11.3 Å². The minimum atomic E-state index is -0.501. The van der Waals surface area contributed by atoms with Crippen LogP contribution in [0.4, 0.5) is 4.79 Å². The average molecular weight is 364 g/mol. The van der Waals surface area contributed by atoms with Crippen molar-refractivity contribution < 1.29 is 19.1 Å². The SMILES string of the molecule is CCOC(=O)c1sc2ncn(CC(=O)N3CCNC3=O)c(=O)c2c1C. The Balaban J connectivity index is 1.95. The molecule has 0 atom stereocenters. The Morgan fingerprint density at radius 1 is 1.40 bits per heavy atom. The number of nitrogens with zero attached hydrogens (tertiary/aromatic N) is 3. The number of hydrogen-bond acceptors (Lipinski definition) is 7. The minimum Gasteiger partial charge on any atom is -0.462 e. The molecule has 0 aromatic carbocycles. The van der Waals surface area contributed by atoms with E-state index in [2.05, 4.69) is 10.3 Å². The van der Waals surface area contributed by atoms with Crippen molar-refractivity contribution in [2.75, 3.05) is 19.7 Å². The van der Waals surface area contributed by atoms with E-state index in [9.17, 15) is 19.2 Å². The maximum atomic E-state index is 12.7. The topological polar surface area (TPSA) is 111 Å². The molecule has 10 heteroatoms. The molecule has 1 aliphatic heterocycles. The molecule has 0 unspecified atom stereocenters. The van der Waals surface area contributed by atoms with Crippen LogP contribution in [-0.2, 0) is 16.1 Å². The van der Waals surface area contributed by atoms with Crippen LogP contribution in [0.15, 0.2) is 11.1 Å². The first-order valence-corrected chi connectivity index (χ1v) is 8.49. The molecule has 0 radical (unpaired) electrons. The molecule has 1 saturated heterocycles. The van der Waals surface area contributed by atoms with Crippen LogP contribution in [0.3, 0.4) is 0 Å². The smallest absolute Gasteiger partial charge is 0.348 e. The summed E-state index contributed by atoms with van der Waals surface area (Å²) < 4.78 is 6.13. The zero-order valence-electron chi connectivity index (χ0n) is 13.7. The van der Waals surface area contributed by atoms with Crippen LogP contribution in [0.2, 0.25) is 0 Å². The summed E-state index contributed by atoms with van der Waals surface area (Å²) in [5.74, 6) is -0.990. The van der Waals surface area contributed by atoms with Gasteiger partial charge in [-0.25, -0.2) is 14.6 Å². The molecule has 2 aromatic heterocycles. The number of amides is 3. The van der Waals surface area contributed by atoms with Crippen molar-refractivity contribution in [2.24, 2.45) is 0 Å². The van der Waals surface area contributed by atoms with E-state index in [1.807, 2.05) is 0 Å². The van der Waals surface area contributed by atoms with Gasteiger partial charge in [-0.2, -0.15) is 0 Å². The number of thiophene rings is 1. The molecule has 1 aliphatic rings. The summed E-state index contributed by atoms with van der Waals surface area (Å²) in [6.07, 6.45) is 1.25. The number of rotatable bonds is 4. The summed E-state index contributed by atoms with van der Waals surface area (Å²) in [5, 5.41) is 2.82. The first-order chi connectivity index (χ1) is 11.9. The van der Waals surface area contributed by atoms with Crippen LogP contribution in [-0.4, -0.2) is 52.1 Å². The van der Waals surface area contributed by atoms with Crippen molar-refractivity contribution >= 4 is 39.5 Å². The lowest BCUT2D eigenvalue weighted by molar-refractivity contribution is -0.128. The fraction of sp³-hybridized carbons (Fsp3) is 0.400. The molecule has 0 saturated carbocycles. The maximum absolute atomic E-state index is 12.7. The van der Waals surface area contributed by atoms with Gasteiger partial charge in [0.05, 0.1) is 18.3 Å². The van der Waals surface area contributed by atoms with Crippen LogP contribution in [0.5, 0.6) is 0 Å². The lowest BCUT2D eigenvalue weighted by Crippen LogP contribution is -2.38. The number of aryl methyl sites for hydroxylation is 1. The zero-order valence-corrected chi connectivity index (χ0v) is 14.5. The molecule has 9 nitrogen and oxygen atoms in total. The van der Waals surface area contributed by atoms with Gasteiger partial charge in [-0.15, -0.1) is 11.3 Å². The predicted molar refractivity (Wildman–Crippen MR) is 89.7 cm³/mol. The van der Waals surface area contributed by atoms with Gasteiger partial charge in [0.1, 0.15) is 16.3 Å². The molecule has 3 rings (SSSR count). The van der Waals surface area contributed by atoms with Gasteiger partial charge in [0.25, 0.3) is 11.5 Å². The Bertz CT molecular complexity index is 932. The number of imide groups is 1. The van der Waals surface area contributed by atoms with E-state index in [1.165, 1.54) is 6.33 Å². The average Bonchev–Trinajstić information content (AvgIpc) is 3.14. The maximum Gasteiger partial charge on any atom is 0.348 e. The highest BCUT2D eigenvalue weighted by atomic mass is 32.1. The predicted octanol–water partition coefficient (Wildman–Crippen LogP) is 0.495. The largest absolute Gasteiger partial charge is 0.462 e. The van der Waals surface area contributed by atoms with Gasteiger partial charge >= 0.3 is 12.0 Å². The normalized spacial score (nSPS) is 14.0. The molecular formula is C15H16N4O5S. The van der Waals surface area contributed by atoms with Crippen molar-refractivity contribution in [3.8, 4) is 0 Å². The van der Waals surface area contributed by atoms with E-state index in [0.29, 0.717) is 21.8 Å². The van der Waals surface area contributed by atoms with Gasteiger partial charge in [-0.1, -0.05) is 0 Å². The van der Waals surface area contributed by atoms with Crippen LogP contribution in [0, 0.1) is 6.92 Å². The fourth-order valence-electron chi connectivity index (χ4n) is 2.60. The van der Waals surface area contributed by atoms with Gasteiger partial charge in [0.15, 0.2) is 0 Å². The van der Waals surface area contributed by atoms with Crippen molar-refractivity contribution in [3.63, 3.8) is 0 Å². The van der Waals surface area contributed by atoms with Gasteiger partial charge in [0, 0.05) is 13.1 Å². The zero-order chi connectivity index (χ0) is 18.1. The number of ether oxygens (including phenoxy) is 1. The molecule has 0 spiro atoms. The number of fused-ring (bicyclic) bond motifs is 1. The van der Waals surface area contributed by atoms with E-state index in [4.69, 9.17) is 4.74 Å². The van der Waals surface area contributed by atoms with E-state index in [1.54, 1.807) is 13.8 Å². The second-order valence-corrected chi connectivity index (χ2v) is 6.41. The number of nitrogens with one attached hydrogen (secondary N) is 1. The summed E-state index contributed by atoms with van der Waals surface area (Å²) in [4.78, 5) is 54.3. The van der Waals surface area contributed by atoms with Crippen LogP contribution in [0.25, 0.3) is 10.2 Å². The molecule has 132 valence electrons. The van der Waals surface area contributed by atoms with Crippen molar-refractivity contribution in [1.29, 1.82) is 0 Å². The van der Waals surface area contributed by atoms with Crippen LogP contribution < -0.4 is 10.9 Å². The van der Waals surface area contributed by atoms with Crippen molar-refractivity contribution in [3.05, 3.63) is 27.1 Å². The standard InChI is InChI=1S/C15H16N4O5S/c1-3-24-14(22)11-8(2)10-12(25-11)17-7-18(13(10)21)6-9(20)19-5-4-16-15(19)23/h7H,3-6H2,1-2H3,(H,16,23). The highest BCUT2D eigenvalue weighted by Gasteiger charge is 2.27. The summed E-state index contributed by atoms with van der Waals surface area (Å²) in [5.41, 5.74) is 0.0546. The quantitative estimate of drug-likeness (QED) is 0.791.